The summed E-state index contributed by atoms with van der Waals surface area (Å²) in [6.45, 7) is 13.7. The number of hydrogen-bond acceptors (Lipinski definition) is 15. The number of carbonyl (C=O) groups is 5. The van der Waals surface area contributed by atoms with Gasteiger partial charge in [-0.1, -0.05) is 93.1 Å². The lowest BCUT2D eigenvalue weighted by atomic mass is 9.95. The third-order valence-electron chi connectivity index (χ3n) is 25.6. The van der Waals surface area contributed by atoms with Gasteiger partial charge in [-0.15, -0.1) is 0 Å². The molecule has 782 valence electrons. The molecule has 24 nitrogen and oxygen atoms in total. The molecule has 3 aliphatic rings. The number of likely N-dealkylation sites (N-methyl/N-ethyl adjacent to an activating group) is 1. The molecule has 0 radical (unpaired) electrons. The summed E-state index contributed by atoms with van der Waals surface area (Å²) in [5.74, 6) is -33.6. The van der Waals surface area contributed by atoms with Crippen LogP contribution in [0.1, 0.15) is 96.8 Å². The number of ether oxygens (including phenoxy) is 1. The number of carboxylic acid groups (broad SMARTS) is 5. The molecule has 0 spiro atoms. The molecule has 3 fully saturated rings. The van der Waals surface area contributed by atoms with E-state index in [-0.39, 0.29) is 117 Å². The number of morpholine rings is 1. The first-order valence-electron chi connectivity index (χ1n) is 46.2. The number of carboxylic acids is 5. The number of fused-ring (bicyclic) bond motifs is 4. The summed E-state index contributed by atoms with van der Waals surface area (Å²) in [7, 11) is 8.28. The first-order valence-corrected chi connectivity index (χ1v) is 46.2. The fraction of sp³-hybridized carbons (Fsp3) is 0.243. The third kappa shape index (κ3) is 22.7. The van der Waals surface area contributed by atoms with Crippen molar-refractivity contribution in [1.82, 2.24) is 63.1 Å². The first kappa shape index (κ1) is 109. The van der Waals surface area contributed by atoms with E-state index < -0.39 is 174 Å². The second-order valence-corrected chi connectivity index (χ2v) is 36.2. The Morgan fingerprint density at radius 2 is 0.540 bits per heavy atom. The van der Waals surface area contributed by atoms with E-state index in [1.165, 1.54) is 123 Å². The highest BCUT2D eigenvalue weighted by Gasteiger charge is 2.40. The van der Waals surface area contributed by atoms with Crippen LogP contribution in [-0.2, 0) is 63.9 Å². The quantitative estimate of drug-likeness (QED) is 0.0288. The van der Waals surface area contributed by atoms with Crippen LogP contribution in [0.25, 0.3) is 133 Å². The number of imidazole rings is 4. The molecule has 16 aromatic rings. The normalized spacial score (nSPS) is 13.8. The molecule has 0 bridgehead atoms. The maximum Gasteiger partial charge on any atom is 0.490 e. The molecule has 0 amide bonds. The van der Waals surface area contributed by atoms with Crippen LogP contribution in [0, 0.1) is 93.1 Å². The van der Waals surface area contributed by atoms with Gasteiger partial charge in [-0.3, -0.25) is 14.7 Å². The van der Waals surface area contributed by atoms with Gasteiger partial charge in [0.2, 0.25) is 0 Å². The summed E-state index contributed by atoms with van der Waals surface area (Å²) in [4.78, 5) is 80.9. The van der Waals surface area contributed by atoms with Crippen LogP contribution in [0.3, 0.4) is 0 Å². The number of alkyl halides is 3. The van der Waals surface area contributed by atoms with Crippen LogP contribution in [0.15, 0.2) is 171 Å². The predicted molar refractivity (Wildman–Crippen MR) is 517 cm³/mol. The fourth-order valence-corrected chi connectivity index (χ4v) is 18.3. The summed E-state index contributed by atoms with van der Waals surface area (Å²) < 4.78 is 287. The number of rotatable bonds is 21. The van der Waals surface area contributed by atoms with Gasteiger partial charge in [0.05, 0.1) is 149 Å². The second kappa shape index (κ2) is 45.2. The number of nitrogens with one attached hydrogen (secondary N) is 1. The minimum atomic E-state index is -5.08. The van der Waals surface area contributed by atoms with Gasteiger partial charge in [0.25, 0.3) is 0 Å². The topological polar surface area (TPSA) is 292 Å². The van der Waals surface area contributed by atoms with Crippen molar-refractivity contribution in [3.8, 4) is 89.0 Å². The Balaban J connectivity index is 0.000000146. The Morgan fingerprint density at radius 1 is 0.313 bits per heavy atom. The molecule has 12 aromatic carbocycles. The summed E-state index contributed by atoms with van der Waals surface area (Å²) in [5.41, 5.74) is -5.44. The van der Waals surface area contributed by atoms with E-state index in [0.717, 1.165) is 93.1 Å². The molecule has 7 heterocycles. The average Bonchev–Trinajstić information content (AvgIpc) is 0.911. The van der Waals surface area contributed by atoms with E-state index in [0.29, 0.717) is 58.0 Å². The predicted octanol–water partition coefficient (Wildman–Crippen LogP) is 22.3. The molecule has 6 N–H and O–H groups in total. The summed E-state index contributed by atoms with van der Waals surface area (Å²) in [5, 5.41) is 48.7. The highest BCUT2D eigenvalue weighted by molar-refractivity contribution is 6.07. The smallest absolute Gasteiger partial charge is 0.478 e. The van der Waals surface area contributed by atoms with Crippen molar-refractivity contribution in [3.63, 3.8) is 0 Å². The number of piperidine rings is 1. The van der Waals surface area contributed by atoms with Gasteiger partial charge in [-0.2, -0.15) is 13.2 Å². The Labute approximate surface area is 840 Å². The number of aryl methyl sites for hydroxylation is 4. The van der Waals surface area contributed by atoms with Crippen molar-refractivity contribution >= 4 is 74.0 Å². The molecule has 0 atom stereocenters. The Kier molecular flexibility index (Phi) is 32.7. The van der Waals surface area contributed by atoms with Gasteiger partial charge in [0, 0.05) is 99.7 Å². The van der Waals surface area contributed by atoms with Gasteiger partial charge in [0.1, 0.15) is 0 Å². The Morgan fingerprint density at radius 3 is 0.780 bits per heavy atom. The van der Waals surface area contributed by atoms with E-state index in [9.17, 15) is 52.8 Å². The average molecular weight is 2090 g/mol. The molecule has 150 heavy (non-hydrogen) atoms. The lowest BCUT2D eigenvalue weighted by Gasteiger charge is -2.32. The molecule has 0 unspecified atom stereocenters. The number of aromatic nitrogens is 8. The zero-order valence-corrected chi connectivity index (χ0v) is 80.5. The van der Waals surface area contributed by atoms with E-state index in [4.69, 9.17) is 14.6 Å². The van der Waals surface area contributed by atoms with Gasteiger partial charge >= 0.3 is 36.0 Å². The van der Waals surface area contributed by atoms with E-state index in [2.05, 4.69) is 44.9 Å². The number of nitrogens with zero attached hydrogens (tertiary/aromatic N) is 12. The maximum absolute atomic E-state index is 15.4. The second-order valence-electron chi connectivity index (χ2n) is 36.2. The number of aliphatic carboxylic acids is 1. The number of benzene rings is 12. The number of aromatic carboxylic acids is 4. The molecule has 19 rings (SSSR count). The van der Waals surface area contributed by atoms with E-state index in [1.54, 1.807) is 70.7 Å². The summed E-state index contributed by atoms with van der Waals surface area (Å²) >= 11 is 0. The Hall–Kier alpha value is -15.7. The molecule has 0 saturated carbocycles. The van der Waals surface area contributed by atoms with Crippen molar-refractivity contribution in [3.05, 3.63) is 308 Å². The minimum absolute atomic E-state index is 0.00786. The molecular formula is C107H90F19N13O11. The van der Waals surface area contributed by atoms with Crippen molar-refractivity contribution in [2.75, 3.05) is 72.6 Å². The van der Waals surface area contributed by atoms with Crippen molar-refractivity contribution < 1.29 is 138 Å². The van der Waals surface area contributed by atoms with Gasteiger partial charge < -0.3 is 58.8 Å². The van der Waals surface area contributed by atoms with Crippen molar-refractivity contribution in [2.45, 2.75) is 71.5 Å². The molecule has 0 aliphatic carbocycles. The third-order valence-corrected chi connectivity index (χ3v) is 25.6. The fourth-order valence-electron chi connectivity index (χ4n) is 18.3. The molecular weight excluding hydrogens is 2000 g/mol. The lowest BCUT2D eigenvalue weighted by Crippen LogP contribution is -2.43. The number of piperazine rings is 1. The van der Waals surface area contributed by atoms with Crippen molar-refractivity contribution in [2.24, 2.45) is 28.2 Å². The minimum Gasteiger partial charge on any atom is -0.478 e. The summed E-state index contributed by atoms with van der Waals surface area (Å²) in [6.07, 6.45) is 3.59. The standard InChI is InChI=1S/C27H24F4N4O2.C27H23F4N3O2.C26H21F4N3O3.C25H21F4N3O2.C2HF3O2/c1-33-6-8-35(9-7-33)13-15-4-3-5-16(10-15)20-22(28)24(30)21(25(31)23(20)29)17-11-18(27(36)37)26-19(12-17)32-14-34(26)2;1-33-14-32-19-12-17(11-18(26(19)33)27(35)36)21-24(30)22(28)20(23(29)25(21)31)16-7-5-6-15(10-16)13-34-8-3-2-4-9-34;1-32-13-31-18-11-16(10-17(25(18)32)26(34)35)20-23(29)21(27)19(22(28)24(20)30)15-4-2-3-14(9-15)12-33-5-7-36-8-6-33;1-12(2)30-10-13-5-4-6-14(7-13)18-20(26)22(28)19(23(29)21(18)27)15-8-16(25(33)34)24-17(9-15)31-11-32(24)3;3-2(4,5)1(6)7/h3-5,10-12,14H,6-9,13H2,1-2H3,(H,36,37);5-7,10-12,14H,2-4,8-9,13H2,1H3,(H,35,36);2-4,9-11,13H,5-8,12H2,1H3,(H,34,35);4-9,11-12,30H,10H2,1-3H3,(H,33,34);(H,6,7). The highest BCUT2D eigenvalue weighted by Crippen LogP contribution is 2.46. The monoisotopic (exact) mass is 2090 g/mol. The van der Waals surface area contributed by atoms with Crippen LogP contribution >= 0.6 is 0 Å². The number of halogens is 19. The largest absolute Gasteiger partial charge is 0.490 e. The van der Waals surface area contributed by atoms with Crippen LogP contribution in [0.4, 0.5) is 83.4 Å². The van der Waals surface area contributed by atoms with Crippen LogP contribution in [0.5, 0.6) is 0 Å². The lowest BCUT2D eigenvalue weighted by molar-refractivity contribution is -0.192. The molecule has 43 heteroatoms. The molecule has 4 aromatic heterocycles. The van der Waals surface area contributed by atoms with E-state index >= 15 is 70.2 Å². The zero-order chi connectivity index (χ0) is 108. The van der Waals surface area contributed by atoms with Crippen LogP contribution < -0.4 is 5.32 Å². The molecule has 3 aliphatic heterocycles. The van der Waals surface area contributed by atoms with Crippen LogP contribution in [0.2, 0.25) is 0 Å². The van der Waals surface area contributed by atoms with Gasteiger partial charge in [-0.25, -0.2) is 114 Å². The van der Waals surface area contributed by atoms with Crippen LogP contribution in [-0.4, -0.2) is 198 Å². The highest BCUT2D eigenvalue weighted by atomic mass is 19.4. The van der Waals surface area contributed by atoms with E-state index in [1.807, 2.05) is 27.0 Å². The Bertz CT molecular complexity index is 7650. The zero-order valence-electron chi connectivity index (χ0n) is 80.5. The number of likely N-dealkylation sites (tertiary alicyclic amines) is 1. The van der Waals surface area contributed by atoms with Crippen molar-refractivity contribution in [1.29, 1.82) is 0 Å². The van der Waals surface area contributed by atoms with Gasteiger partial charge in [0.15, 0.2) is 93.1 Å². The number of hydrogen-bond donors (Lipinski definition) is 6. The summed E-state index contributed by atoms with van der Waals surface area (Å²) in [6, 6.07) is 33.9. The maximum atomic E-state index is 15.4. The van der Waals surface area contributed by atoms with Gasteiger partial charge in [-0.05, 0) is 173 Å². The molecule has 3 saturated heterocycles. The first-order chi connectivity index (χ1) is 71.2. The SMILES string of the molecule is CC(C)NCc1cccc(-c2c(F)c(F)c(-c3cc(C(=O)O)c4c(c3)ncn4C)c(F)c2F)c1.CN1CCN(Cc2cccc(-c3c(F)c(F)c(-c4cc(C(=O)O)c5c(c4)ncn5C)c(F)c3F)c2)CC1.Cn1cnc2cc(-c3c(F)c(F)c(-c4cccc(CN5CCCCC5)c4)c(F)c3F)cc(C(=O)O)c21.Cn1cnc2cc(-c3c(F)c(F)c(-c4cccc(CN5CCOCC5)c4)c(F)c3F)cc(C(=O)O)c21.O=C(O)C(F)(F)F.